The third-order valence-corrected chi connectivity index (χ3v) is 4.50. The molecule has 0 bridgehead atoms. The molecular formula is C17H23F3N6O. The number of carbonyl (C=O) groups excluding carboxylic acids is 1. The maximum Gasteiger partial charge on any atom is 0.401 e. The number of nitrogens with zero attached hydrogens (tertiary/aromatic N) is 4. The van der Waals surface area contributed by atoms with E-state index in [9.17, 15) is 18.0 Å². The van der Waals surface area contributed by atoms with Gasteiger partial charge in [0.1, 0.15) is 0 Å². The summed E-state index contributed by atoms with van der Waals surface area (Å²) in [6, 6.07) is 1.57. The lowest BCUT2D eigenvalue weighted by Gasteiger charge is -2.18. The first-order valence-corrected chi connectivity index (χ1v) is 8.88. The van der Waals surface area contributed by atoms with Gasteiger partial charge in [0, 0.05) is 24.5 Å². The van der Waals surface area contributed by atoms with Gasteiger partial charge in [-0.05, 0) is 38.8 Å². The molecule has 2 amide bonds. The number of carbonyl (C=O) groups is 1. The number of halogens is 3. The number of alkyl halides is 3. The highest BCUT2D eigenvalue weighted by Gasteiger charge is 2.34. The van der Waals surface area contributed by atoms with Crippen LogP contribution in [-0.2, 0) is 0 Å². The summed E-state index contributed by atoms with van der Waals surface area (Å²) in [5.41, 5.74) is 1.28. The van der Waals surface area contributed by atoms with Crippen molar-refractivity contribution < 1.29 is 18.0 Å². The van der Waals surface area contributed by atoms with Gasteiger partial charge in [0.25, 0.3) is 0 Å². The molecule has 0 radical (unpaired) electrons. The fourth-order valence-corrected chi connectivity index (χ4v) is 3.28. The Morgan fingerprint density at radius 3 is 2.85 bits per heavy atom. The van der Waals surface area contributed by atoms with Crippen LogP contribution in [-0.4, -0.2) is 58.1 Å². The molecule has 1 unspecified atom stereocenters. The Balaban J connectivity index is 1.49. The smallest absolute Gasteiger partial charge is 0.338 e. The molecule has 3 heterocycles. The standard InChI is InChI=1S/C17H23F3N6O/c1-11(2)26-15-13(7-23-26)5-14(8-21-15)24-16(27)22-6-12-3-4-25(9-12)10-17(18,19)20/h5,7-8,11-12H,3-4,6,9-10H2,1-2H3,(H2,22,24,27). The van der Waals surface area contributed by atoms with Crippen molar-refractivity contribution in [1.82, 2.24) is 25.0 Å². The minimum absolute atomic E-state index is 0.0166. The number of anilines is 1. The average Bonchev–Trinajstić information content (AvgIpc) is 3.17. The highest BCUT2D eigenvalue weighted by atomic mass is 19.4. The van der Waals surface area contributed by atoms with Crippen LogP contribution < -0.4 is 10.6 Å². The number of urea groups is 1. The molecule has 148 valence electrons. The zero-order valence-corrected chi connectivity index (χ0v) is 15.3. The highest BCUT2D eigenvalue weighted by Crippen LogP contribution is 2.22. The van der Waals surface area contributed by atoms with Crippen molar-refractivity contribution in [2.24, 2.45) is 5.92 Å². The predicted molar refractivity (Wildman–Crippen MR) is 95.5 cm³/mol. The van der Waals surface area contributed by atoms with Crippen LogP contribution in [0.25, 0.3) is 11.0 Å². The van der Waals surface area contributed by atoms with Crippen molar-refractivity contribution >= 4 is 22.8 Å². The Kier molecular flexibility index (Phi) is 5.54. The lowest BCUT2D eigenvalue weighted by atomic mass is 10.1. The first-order valence-electron chi connectivity index (χ1n) is 8.88. The quantitative estimate of drug-likeness (QED) is 0.831. The summed E-state index contributed by atoms with van der Waals surface area (Å²) in [4.78, 5) is 17.8. The number of likely N-dealkylation sites (tertiary alicyclic amines) is 1. The zero-order valence-electron chi connectivity index (χ0n) is 15.3. The number of aromatic nitrogens is 3. The van der Waals surface area contributed by atoms with Gasteiger partial charge in [-0.25, -0.2) is 14.5 Å². The molecule has 3 rings (SSSR count). The third-order valence-electron chi connectivity index (χ3n) is 4.50. The molecule has 1 saturated heterocycles. The second kappa shape index (κ2) is 7.71. The second-order valence-corrected chi connectivity index (χ2v) is 7.16. The van der Waals surface area contributed by atoms with Gasteiger partial charge < -0.3 is 10.6 Å². The van der Waals surface area contributed by atoms with E-state index in [2.05, 4.69) is 20.7 Å². The predicted octanol–water partition coefficient (Wildman–Crippen LogP) is 3.02. The molecule has 0 spiro atoms. The maximum absolute atomic E-state index is 12.4. The number of nitrogens with one attached hydrogen (secondary N) is 2. The summed E-state index contributed by atoms with van der Waals surface area (Å²) in [5, 5.41) is 10.5. The maximum atomic E-state index is 12.4. The van der Waals surface area contributed by atoms with Gasteiger partial charge in [0.05, 0.1) is 24.6 Å². The van der Waals surface area contributed by atoms with Gasteiger partial charge in [-0.1, -0.05) is 0 Å². The number of fused-ring (bicyclic) bond motifs is 1. The van der Waals surface area contributed by atoms with Gasteiger partial charge in [-0.3, -0.25) is 4.90 Å². The SMILES string of the molecule is CC(C)n1ncc2cc(NC(=O)NCC3CCN(CC(F)(F)F)C3)cnc21. The monoisotopic (exact) mass is 384 g/mol. The van der Waals surface area contributed by atoms with Gasteiger partial charge in [-0.2, -0.15) is 18.3 Å². The van der Waals surface area contributed by atoms with E-state index in [-0.39, 0.29) is 12.0 Å². The molecule has 27 heavy (non-hydrogen) atoms. The summed E-state index contributed by atoms with van der Waals surface area (Å²) in [7, 11) is 0. The Bertz CT molecular complexity index is 804. The lowest BCUT2D eigenvalue weighted by Crippen LogP contribution is -2.36. The van der Waals surface area contributed by atoms with E-state index >= 15 is 0 Å². The van der Waals surface area contributed by atoms with Gasteiger partial charge in [-0.15, -0.1) is 0 Å². The first-order chi connectivity index (χ1) is 12.7. The van der Waals surface area contributed by atoms with Gasteiger partial charge in [0.2, 0.25) is 0 Å². The third kappa shape index (κ3) is 5.09. The normalized spacial score (nSPS) is 18.4. The average molecular weight is 384 g/mol. The fourth-order valence-electron chi connectivity index (χ4n) is 3.28. The van der Waals surface area contributed by atoms with E-state index < -0.39 is 18.8 Å². The molecule has 2 N–H and O–H groups in total. The summed E-state index contributed by atoms with van der Waals surface area (Å²) in [5.74, 6) is 0.0166. The van der Waals surface area contributed by atoms with Gasteiger partial charge in [0.15, 0.2) is 5.65 Å². The van der Waals surface area contributed by atoms with Crippen LogP contribution >= 0.6 is 0 Å². The van der Waals surface area contributed by atoms with Crippen LogP contribution in [0.1, 0.15) is 26.3 Å². The minimum atomic E-state index is -4.19. The Hall–Kier alpha value is -2.36. The summed E-state index contributed by atoms with van der Waals surface area (Å²) in [6.07, 6.45) is -0.296. The molecule has 2 aromatic heterocycles. The molecule has 2 aromatic rings. The lowest BCUT2D eigenvalue weighted by molar-refractivity contribution is -0.143. The summed E-state index contributed by atoms with van der Waals surface area (Å²) >= 11 is 0. The number of amides is 2. The van der Waals surface area contributed by atoms with Gasteiger partial charge >= 0.3 is 12.2 Å². The van der Waals surface area contributed by atoms with Crippen molar-refractivity contribution in [3.05, 3.63) is 18.5 Å². The molecule has 0 aromatic carbocycles. The Labute approximate surface area is 154 Å². The molecular weight excluding hydrogens is 361 g/mol. The number of hydrogen-bond acceptors (Lipinski definition) is 4. The topological polar surface area (TPSA) is 75.1 Å². The molecule has 0 aliphatic carbocycles. The minimum Gasteiger partial charge on any atom is -0.338 e. The molecule has 1 aliphatic rings. The molecule has 7 nitrogen and oxygen atoms in total. The number of rotatable bonds is 5. The highest BCUT2D eigenvalue weighted by molar-refractivity contribution is 5.91. The van der Waals surface area contributed by atoms with Crippen molar-refractivity contribution in [2.45, 2.75) is 32.5 Å². The van der Waals surface area contributed by atoms with Crippen LogP contribution in [0.4, 0.5) is 23.7 Å². The second-order valence-electron chi connectivity index (χ2n) is 7.16. The van der Waals surface area contributed by atoms with E-state index in [1.54, 1.807) is 23.1 Å². The summed E-state index contributed by atoms with van der Waals surface area (Å²) < 4.78 is 39.0. The van der Waals surface area contributed by atoms with Crippen LogP contribution in [0.15, 0.2) is 18.5 Å². The van der Waals surface area contributed by atoms with E-state index in [0.29, 0.717) is 31.7 Å². The molecule has 1 aliphatic heterocycles. The van der Waals surface area contributed by atoms with Crippen molar-refractivity contribution in [2.75, 3.05) is 31.5 Å². The van der Waals surface area contributed by atoms with Crippen LogP contribution in [0.5, 0.6) is 0 Å². The molecule has 0 saturated carbocycles. The van der Waals surface area contributed by atoms with E-state index in [1.807, 2.05) is 13.8 Å². The fraction of sp³-hybridized carbons (Fsp3) is 0.588. The van der Waals surface area contributed by atoms with Crippen LogP contribution in [0, 0.1) is 5.92 Å². The molecule has 10 heteroatoms. The van der Waals surface area contributed by atoms with Crippen LogP contribution in [0.3, 0.4) is 0 Å². The van der Waals surface area contributed by atoms with E-state index in [4.69, 9.17) is 0 Å². The molecule has 1 fully saturated rings. The Morgan fingerprint density at radius 2 is 2.15 bits per heavy atom. The molecule has 1 atom stereocenters. The summed E-state index contributed by atoms with van der Waals surface area (Å²) in [6.45, 7) is 4.18. The number of hydrogen-bond donors (Lipinski definition) is 2. The van der Waals surface area contributed by atoms with E-state index in [1.165, 1.54) is 4.90 Å². The first kappa shape index (κ1) is 19.4. The Morgan fingerprint density at radius 1 is 1.37 bits per heavy atom. The van der Waals surface area contributed by atoms with E-state index in [0.717, 1.165) is 11.0 Å². The van der Waals surface area contributed by atoms with Crippen molar-refractivity contribution in [3.8, 4) is 0 Å². The largest absolute Gasteiger partial charge is 0.401 e. The van der Waals surface area contributed by atoms with Crippen molar-refractivity contribution in [3.63, 3.8) is 0 Å². The zero-order chi connectivity index (χ0) is 19.6. The van der Waals surface area contributed by atoms with Crippen molar-refractivity contribution in [1.29, 1.82) is 0 Å². The van der Waals surface area contributed by atoms with Crippen LogP contribution in [0.2, 0.25) is 0 Å². The number of pyridine rings is 1.